The second kappa shape index (κ2) is 6.69. The highest BCUT2D eigenvalue weighted by Crippen LogP contribution is 2.33. The van der Waals surface area contributed by atoms with Gasteiger partial charge in [-0.1, -0.05) is 0 Å². The van der Waals surface area contributed by atoms with E-state index in [9.17, 15) is 5.26 Å². The summed E-state index contributed by atoms with van der Waals surface area (Å²) < 4.78 is 7.67. The normalized spacial score (nSPS) is 14.4. The molecule has 0 saturated carbocycles. The van der Waals surface area contributed by atoms with Gasteiger partial charge in [0.1, 0.15) is 11.4 Å². The zero-order chi connectivity index (χ0) is 19.0. The summed E-state index contributed by atoms with van der Waals surface area (Å²) in [7, 11) is 1.68. The minimum atomic E-state index is -0.547. The van der Waals surface area contributed by atoms with Crippen LogP contribution in [-0.4, -0.2) is 23.0 Å². The van der Waals surface area contributed by atoms with Gasteiger partial charge in [0.15, 0.2) is 0 Å². The Kier molecular flexibility index (Phi) is 4.34. The van der Waals surface area contributed by atoms with Crippen LogP contribution < -0.4 is 10.2 Å². The van der Waals surface area contributed by atoms with Crippen LogP contribution in [0.4, 0.5) is 0 Å². The first-order chi connectivity index (χ1) is 13.0. The number of aromatic nitrogens is 2. The van der Waals surface area contributed by atoms with E-state index in [4.69, 9.17) is 9.57 Å². The number of hydrogen-bond donors (Lipinski definition) is 1. The van der Waals surface area contributed by atoms with Crippen molar-refractivity contribution in [2.45, 2.75) is 32.3 Å². The zero-order valence-electron chi connectivity index (χ0n) is 15.7. The molecular formula is C21H22N4O2. The van der Waals surface area contributed by atoms with Crippen LogP contribution in [0.3, 0.4) is 0 Å². The van der Waals surface area contributed by atoms with Gasteiger partial charge in [-0.25, -0.2) is 10.5 Å². The summed E-state index contributed by atoms with van der Waals surface area (Å²) >= 11 is 0. The Morgan fingerprint density at radius 3 is 2.96 bits per heavy atom. The van der Waals surface area contributed by atoms with Crippen LogP contribution in [-0.2, 0) is 23.3 Å². The molecular weight excluding hydrogens is 340 g/mol. The lowest BCUT2D eigenvalue weighted by Crippen LogP contribution is -2.14. The lowest BCUT2D eigenvalue weighted by molar-refractivity contribution is 0.0332. The average Bonchev–Trinajstić information content (AvgIpc) is 2.96. The van der Waals surface area contributed by atoms with Crippen molar-refractivity contribution in [3.8, 4) is 23.1 Å². The fourth-order valence-corrected chi connectivity index (χ4v) is 3.45. The maximum absolute atomic E-state index is 9.39. The van der Waals surface area contributed by atoms with Gasteiger partial charge in [-0.2, -0.15) is 5.26 Å². The lowest BCUT2D eigenvalue weighted by Gasteiger charge is -2.16. The zero-order valence-corrected chi connectivity index (χ0v) is 15.7. The molecule has 0 spiro atoms. The van der Waals surface area contributed by atoms with Gasteiger partial charge in [0.05, 0.1) is 37.1 Å². The van der Waals surface area contributed by atoms with Crippen LogP contribution >= 0.6 is 0 Å². The Balaban J connectivity index is 1.83. The number of nitrogens with zero attached hydrogens (tertiary/aromatic N) is 3. The van der Waals surface area contributed by atoms with E-state index in [0.29, 0.717) is 6.61 Å². The predicted octanol–water partition coefficient (Wildman–Crippen LogP) is 3.39. The van der Waals surface area contributed by atoms with E-state index in [1.165, 1.54) is 5.56 Å². The standard InChI is InChI=1S/C21H22N4O2/c1-21(2,13-22)16-5-7-25-18(11-23-20(25)10-16)15-8-14-4-6-24-27-12-17(14)19(9-15)26-3/h5,7-11,24H,4,6,12H2,1-3H3. The van der Waals surface area contributed by atoms with E-state index in [2.05, 4.69) is 22.6 Å². The number of imidazole rings is 1. The summed E-state index contributed by atoms with van der Waals surface area (Å²) in [5, 5.41) is 9.39. The van der Waals surface area contributed by atoms with Gasteiger partial charge in [-0.15, -0.1) is 0 Å². The second-order valence-corrected chi connectivity index (χ2v) is 7.27. The average molecular weight is 362 g/mol. The quantitative estimate of drug-likeness (QED) is 0.773. The third-order valence-electron chi connectivity index (χ3n) is 5.15. The number of nitriles is 1. The summed E-state index contributed by atoms with van der Waals surface area (Å²) in [6.07, 6.45) is 4.72. The molecule has 0 atom stereocenters. The monoisotopic (exact) mass is 362 g/mol. The molecule has 2 aromatic heterocycles. The molecule has 1 aliphatic rings. The van der Waals surface area contributed by atoms with Gasteiger partial charge in [0, 0.05) is 23.9 Å². The van der Waals surface area contributed by atoms with Crippen LogP contribution in [0, 0.1) is 11.3 Å². The maximum atomic E-state index is 9.39. The predicted molar refractivity (Wildman–Crippen MR) is 102 cm³/mol. The van der Waals surface area contributed by atoms with Crippen LogP contribution in [0.25, 0.3) is 16.9 Å². The summed E-state index contributed by atoms with van der Waals surface area (Å²) in [4.78, 5) is 10.0. The first-order valence-corrected chi connectivity index (χ1v) is 8.97. The number of pyridine rings is 1. The third-order valence-corrected chi connectivity index (χ3v) is 5.15. The van der Waals surface area contributed by atoms with E-state index < -0.39 is 5.41 Å². The van der Waals surface area contributed by atoms with Gasteiger partial charge in [-0.05, 0) is 55.7 Å². The van der Waals surface area contributed by atoms with E-state index >= 15 is 0 Å². The fraction of sp³-hybridized carbons (Fsp3) is 0.333. The van der Waals surface area contributed by atoms with E-state index in [1.807, 2.05) is 48.8 Å². The van der Waals surface area contributed by atoms with Crippen molar-refractivity contribution in [3.63, 3.8) is 0 Å². The second-order valence-electron chi connectivity index (χ2n) is 7.27. The lowest BCUT2D eigenvalue weighted by atomic mass is 9.87. The van der Waals surface area contributed by atoms with Crippen molar-refractivity contribution in [1.82, 2.24) is 14.9 Å². The molecule has 4 rings (SSSR count). The number of methoxy groups -OCH3 is 1. The number of benzene rings is 1. The SMILES string of the molecule is COc1cc(-c2cnc3cc(C(C)(C)C#N)ccn23)cc2c1CONCC2. The van der Waals surface area contributed by atoms with Crippen molar-refractivity contribution < 1.29 is 9.57 Å². The van der Waals surface area contributed by atoms with Crippen molar-refractivity contribution in [2.75, 3.05) is 13.7 Å². The first-order valence-electron chi connectivity index (χ1n) is 8.97. The highest BCUT2D eigenvalue weighted by Gasteiger charge is 2.21. The highest BCUT2D eigenvalue weighted by molar-refractivity contribution is 5.68. The molecule has 0 saturated heterocycles. The molecule has 1 aliphatic heterocycles. The molecule has 6 nitrogen and oxygen atoms in total. The molecule has 0 radical (unpaired) electrons. The van der Waals surface area contributed by atoms with Gasteiger partial charge >= 0.3 is 0 Å². The molecule has 0 unspecified atom stereocenters. The van der Waals surface area contributed by atoms with E-state index in [1.54, 1.807) is 7.11 Å². The van der Waals surface area contributed by atoms with E-state index in [0.717, 1.165) is 46.7 Å². The van der Waals surface area contributed by atoms with E-state index in [-0.39, 0.29) is 0 Å². The fourth-order valence-electron chi connectivity index (χ4n) is 3.45. The number of rotatable bonds is 3. The van der Waals surface area contributed by atoms with Crippen LogP contribution in [0.2, 0.25) is 0 Å². The van der Waals surface area contributed by atoms with Gasteiger partial charge in [0.2, 0.25) is 0 Å². The Morgan fingerprint density at radius 1 is 1.33 bits per heavy atom. The van der Waals surface area contributed by atoms with Gasteiger partial charge in [-0.3, -0.25) is 9.24 Å². The summed E-state index contributed by atoms with van der Waals surface area (Å²) in [5.41, 5.74) is 8.52. The third kappa shape index (κ3) is 3.05. The maximum Gasteiger partial charge on any atom is 0.137 e. The van der Waals surface area contributed by atoms with Crippen LogP contribution in [0.1, 0.15) is 30.5 Å². The smallest absolute Gasteiger partial charge is 0.137 e. The molecule has 0 fully saturated rings. The number of hydroxylamine groups is 1. The molecule has 27 heavy (non-hydrogen) atoms. The Bertz CT molecular complexity index is 1050. The molecule has 3 aromatic rings. The largest absolute Gasteiger partial charge is 0.496 e. The number of ether oxygens (including phenoxy) is 1. The Labute approximate surface area is 158 Å². The Morgan fingerprint density at radius 2 is 2.19 bits per heavy atom. The van der Waals surface area contributed by atoms with Gasteiger partial charge < -0.3 is 4.74 Å². The Hall–Kier alpha value is -2.88. The molecule has 1 aromatic carbocycles. The highest BCUT2D eigenvalue weighted by atomic mass is 16.6. The molecule has 0 bridgehead atoms. The summed E-state index contributed by atoms with van der Waals surface area (Å²) in [6, 6.07) is 10.5. The first kappa shape index (κ1) is 17.5. The van der Waals surface area contributed by atoms with Crippen molar-refractivity contribution in [3.05, 3.63) is 53.3 Å². The van der Waals surface area contributed by atoms with Crippen molar-refractivity contribution in [1.29, 1.82) is 5.26 Å². The number of fused-ring (bicyclic) bond motifs is 2. The molecule has 3 heterocycles. The molecule has 138 valence electrons. The molecule has 0 amide bonds. The van der Waals surface area contributed by atoms with Crippen LogP contribution in [0.15, 0.2) is 36.7 Å². The number of nitrogens with one attached hydrogen (secondary N) is 1. The minimum absolute atomic E-state index is 0.485. The van der Waals surface area contributed by atoms with Crippen LogP contribution in [0.5, 0.6) is 5.75 Å². The van der Waals surface area contributed by atoms with Crippen molar-refractivity contribution >= 4 is 5.65 Å². The topological polar surface area (TPSA) is 71.6 Å². The number of hydrogen-bond acceptors (Lipinski definition) is 5. The molecule has 6 heteroatoms. The molecule has 1 N–H and O–H groups in total. The molecule has 0 aliphatic carbocycles. The minimum Gasteiger partial charge on any atom is -0.496 e. The summed E-state index contributed by atoms with van der Waals surface area (Å²) in [6.45, 7) is 5.07. The van der Waals surface area contributed by atoms with Gasteiger partial charge in [0.25, 0.3) is 0 Å². The van der Waals surface area contributed by atoms with Crippen molar-refractivity contribution in [2.24, 2.45) is 0 Å². The summed E-state index contributed by atoms with van der Waals surface area (Å²) in [5.74, 6) is 0.823.